The molecule has 0 fully saturated rings. The van der Waals surface area contributed by atoms with Crippen molar-refractivity contribution >= 4 is 6.21 Å². The van der Waals surface area contributed by atoms with Crippen LogP contribution in [-0.2, 0) is 0 Å². The second kappa shape index (κ2) is 8.98. The van der Waals surface area contributed by atoms with E-state index < -0.39 is 0 Å². The summed E-state index contributed by atoms with van der Waals surface area (Å²) in [4.78, 5) is 0. The summed E-state index contributed by atoms with van der Waals surface area (Å²) >= 11 is 0. The number of hydrogen-bond acceptors (Lipinski definition) is 1. The molecule has 2 atom stereocenters. The fourth-order valence-corrected chi connectivity index (χ4v) is 1.53. The first-order chi connectivity index (χ1) is 6.76. The molecule has 1 N–H and O–H groups in total. The minimum Gasteiger partial charge on any atom is -0.313 e. The Kier molecular flexibility index (Phi) is 8.61. The molecule has 0 rings (SSSR count). The van der Waals surface area contributed by atoms with E-state index in [4.69, 9.17) is 5.41 Å². The van der Waals surface area contributed by atoms with Crippen LogP contribution >= 0.6 is 0 Å². The Morgan fingerprint density at radius 1 is 1.29 bits per heavy atom. The van der Waals surface area contributed by atoms with Gasteiger partial charge in [-0.1, -0.05) is 52.2 Å². The van der Waals surface area contributed by atoms with E-state index in [0.29, 0.717) is 11.8 Å². The molecule has 0 spiro atoms. The second-order valence-electron chi connectivity index (χ2n) is 4.06. The van der Waals surface area contributed by atoms with Crippen LogP contribution < -0.4 is 0 Å². The summed E-state index contributed by atoms with van der Waals surface area (Å²) in [5.74, 6) is 1.28. The lowest BCUT2D eigenvalue weighted by molar-refractivity contribution is 0.428. The molecular formula is C13H25N. The van der Waals surface area contributed by atoms with Gasteiger partial charge in [0.15, 0.2) is 0 Å². The Labute approximate surface area is 89.1 Å². The summed E-state index contributed by atoms with van der Waals surface area (Å²) < 4.78 is 0. The molecule has 0 aromatic heterocycles. The van der Waals surface area contributed by atoms with Crippen molar-refractivity contribution in [1.82, 2.24) is 0 Å². The monoisotopic (exact) mass is 195 g/mol. The van der Waals surface area contributed by atoms with Crippen LogP contribution in [0.2, 0.25) is 0 Å². The van der Waals surface area contributed by atoms with Gasteiger partial charge in [0.05, 0.1) is 0 Å². The van der Waals surface area contributed by atoms with Gasteiger partial charge >= 0.3 is 0 Å². The van der Waals surface area contributed by atoms with Crippen molar-refractivity contribution < 1.29 is 0 Å². The third-order valence-electron chi connectivity index (χ3n) is 2.87. The third kappa shape index (κ3) is 5.95. The van der Waals surface area contributed by atoms with Gasteiger partial charge in [-0.15, -0.1) is 0 Å². The van der Waals surface area contributed by atoms with Crippen LogP contribution in [-0.4, -0.2) is 6.21 Å². The van der Waals surface area contributed by atoms with Gasteiger partial charge in [-0.05, 0) is 30.9 Å². The van der Waals surface area contributed by atoms with Gasteiger partial charge in [0.1, 0.15) is 0 Å². The van der Waals surface area contributed by atoms with Gasteiger partial charge in [0, 0.05) is 0 Å². The van der Waals surface area contributed by atoms with Crippen molar-refractivity contribution in [1.29, 1.82) is 5.41 Å². The summed E-state index contributed by atoms with van der Waals surface area (Å²) in [7, 11) is 0. The molecule has 0 amide bonds. The third-order valence-corrected chi connectivity index (χ3v) is 2.87. The normalized spacial score (nSPS) is 15.6. The zero-order chi connectivity index (χ0) is 10.8. The van der Waals surface area contributed by atoms with Crippen LogP contribution in [0.5, 0.6) is 0 Å². The number of allylic oxidation sites excluding steroid dienone is 2. The SMILES string of the molecule is CCCC/C=C/C(CC=N)C(C)CC. The van der Waals surface area contributed by atoms with Crippen LogP contribution in [0, 0.1) is 17.2 Å². The summed E-state index contributed by atoms with van der Waals surface area (Å²) in [5, 5.41) is 7.16. The molecule has 1 heteroatoms. The van der Waals surface area contributed by atoms with Gasteiger partial charge in [0.25, 0.3) is 0 Å². The number of hydrogen-bond donors (Lipinski definition) is 1. The molecule has 0 bridgehead atoms. The number of nitrogens with one attached hydrogen (secondary N) is 1. The van der Waals surface area contributed by atoms with Gasteiger partial charge in [-0.3, -0.25) is 0 Å². The van der Waals surface area contributed by atoms with E-state index in [2.05, 4.69) is 32.9 Å². The highest BCUT2D eigenvalue weighted by Crippen LogP contribution is 2.19. The fourth-order valence-electron chi connectivity index (χ4n) is 1.53. The quantitative estimate of drug-likeness (QED) is 0.336. The number of unbranched alkanes of at least 4 members (excludes halogenated alkanes) is 2. The molecule has 1 nitrogen and oxygen atoms in total. The number of rotatable bonds is 8. The first kappa shape index (κ1) is 13.4. The van der Waals surface area contributed by atoms with Gasteiger partial charge in [-0.25, -0.2) is 0 Å². The minimum absolute atomic E-state index is 0.578. The summed E-state index contributed by atoms with van der Waals surface area (Å²) in [6, 6.07) is 0. The Balaban J connectivity index is 3.94. The molecule has 0 aromatic rings. The van der Waals surface area contributed by atoms with E-state index in [1.807, 2.05) is 0 Å². The van der Waals surface area contributed by atoms with Crippen molar-refractivity contribution in [2.24, 2.45) is 11.8 Å². The van der Waals surface area contributed by atoms with Crippen LogP contribution in [0.4, 0.5) is 0 Å². The lowest BCUT2D eigenvalue weighted by Crippen LogP contribution is -2.08. The van der Waals surface area contributed by atoms with Crippen LogP contribution in [0.3, 0.4) is 0 Å². The molecule has 0 saturated carbocycles. The first-order valence-electron chi connectivity index (χ1n) is 5.91. The lowest BCUT2D eigenvalue weighted by atomic mass is 9.89. The molecular weight excluding hydrogens is 170 g/mol. The highest BCUT2D eigenvalue weighted by atomic mass is 14.3. The smallest absolute Gasteiger partial charge is 0.00418 e. The molecule has 2 unspecified atom stereocenters. The first-order valence-corrected chi connectivity index (χ1v) is 5.91. The summed E-state index contributed by atoms with van der Waals surface area (Å²) in [5.41, 5.74) is 0. The van der Waals surface area contributed by atoms with Gasteiger partial charge < -0.3 is 5.41 Å². The highest BCUT2D eigenvalue weighted by molar-refractivity contribution is 5.53. The summed E-state index contributed by atoms with van der Waals surface area (Å²) in [6.07, 6.45) is 12.0. The topological polar surface area (TPSA) is 23.9 Å². The standard InChI is InChI=1S/C13H25N/c1-4-6-7-8-9-13(10-11-14)12(3)5-2/h8-9,11-14H,4-7,10H2,1-3H3/b9-8+,14-11?. The zero-order valence-electron chi connectivity index (χ0n) is 9.92. The Bertz CT molecular complexity index is 161. The Morgan fingerprint density at radius 3 is 2.50 bits per heavy atom. The van der Waals surface area contributed by atoms with E-state index in [1.54, 1.807) is 6.21 Å². The molecule has 14 heavy (non-hydrogen) atoms. The predicted molar refractivity (Wildman–Crippen MR) is 65.0 cm³/mol. The van der Waals surface area contributed by atoms with Crippen molar-refractivity contribution in [2.75, 3.05) is 0 Å². The Morgan fingerprint density at radius 2 is 2.00 bits per heavy atom. The van der Waals surface area contributed by atoms with Crippen molar-refractivity contribution in [3.8, 4) is 0 Å². The van der Waals surface area contributed by atoms with E-state index in [0.717, 1.165) is 6.42 Å². The van der Waals surface area contributed by atoms with Crippen LogP contribution in [0.25, 0.3) is 0 Å². The van der Waals surface area contributed by atoms with Crippen molar-refractivity contribution in [3.05, 3.63) is 12.2 Å². The van der Waals surface area contributed by atoms with E-state index in [9.17, 15) is 0 Å². The predicted octanol–water partition coefficient (Wildman–Crippen LogP) is 4.43. The molecule has 0 aliphatic heterocycles. The molecule has 0 saturated heterocycles. The molecule has 0 aromatic carbocycles. The second-order valence-corrected chi connectivity index (χ2v) is 4.06. The van der Waals surface area contributed by atoms with Crippen molar-refractivity contribution in [3.63, 3.8) is 0 Å². The van der Waals surface area contributed by atoms with Crippen molar-refractivity contribution in [2.45, 2.75) is 52.9 Å². The van der Waals surface area contributed by atoms with E-state index >= 15 is 0 Å². The largest absolute Gasteiger partial charge is 0.313 e. The minimum atomic E-state index is 0.578. The van der Waals surface area contributed by atoms with E-state index in [-0.39, 0.29) is 0 Å². The maximum atomic E-state index is 7.16. The van der Waals surface area contributed by atoms with Gasteiger partial charge in [-0.2, -0.15) is 0 Å². The zero-order valence-corrected chi connectivity index (χ0v) is 9.92. The maximum Gasteiger partial charge on any atom is -0.00418 e. The lowest BCUT2D eigenvalue weighted by Gasteiger charge is -2.17. The molecule has 0 aliphatic rings. The van der Waals surface area contributed by atoms with E-state index in [1.165, 1.54) is 25.7 Å². The average Bonchev–Trinajstić information content (AvgIpc) is 2.21. The van der Waals surface area contributed by atoms with Crippen LogP contribution in [0.15, 0.2) is 12.2 Å². The molecule has 0 aliphatic carbocycles. The molecule has 0 heterocycles. The van der Waals surface area contributed by atoms with Gasteiger partial charge in [0.2, 0.25) is 0 Å². The molecule has 0 radical (unpaired) electrons. The fraction of sp³-hybridized carbons (Fsp3) is 0.769. The molecule has 82 valence electrons. The highest BCUT2D eigenvalue weighted by Gasteiger charge is 2.10. The maximum absolute atomic E-state index is 7.16. The summed E-state index contributed by atoms with van der Waals surface area (Å²) in [6.45, 7) is 6.72. The van der Waals surface area contributed by atoms with Crippen LogP contribution in [0.1, 0.15) is 52.9 Å². The average molecular weight is 195 g/mol. The Hall–Kier alpha value is -0.590.